The predicted molar refractivity (Wildman–Crippen MR) is 55.6 cm³/mol. The van der Waals surface area contributed by atoms with Crippen LogP contribution < -0.4 is 5.73 Å². The summed E-state index contributed by atoms with van der Waals surface area (Å²) in [4.78, 5) is 2.55. The molecule has 0 aromatic heterocycles. The molecular weight excluding hydrogens is 160 g/mol. The quantitative estimate of drug-likeness (QED) is 0.667. The fourth-order valence-corrected chi connectivity index (χ4v) is 3.10. The van der Waals surface area contributed by atoms with Crippen molar-refractivity contribution < 1.29 is 0 Å². The molecule has 1 heterocycles. The van der Waals surface area contributed by atoms with Crippen LogP contribution in [0.1, 0.15) is 39.0 Å². The Labute approximate surface area is 81.5 Å². The van der Waals surface area contributed by atoms with Gasteiger partial charge >= 0.3 is 0 Å². The first-order valence-corrected chi connectivity index (χ1v) is 5.75. The van der Waals surface area contributed by atoms with Gasteiger partial charge in [0, 0.05) is 6.04 Å². The molecule has 1 aliphatic heterocycles. The highest BCUT2D eigenvalue weighted by Crippen LogP contribution is 2.45. The number of nitrogens with zero attached hydrogens (tertiary/aromatic N) is 1. The van der Waals surface area contributed by atoms with Gasteiger partial charge in [0.15, 0.2) is 0 Å². The lowest BCUT2D eigenvalue weighted by atomic mass is 9.74. The van der Waals surface area contributed by atoms with Gasteiger partial charge in [0.25, 0.3) is 0 Å². The van der Waals surface area contributed by atoms with Crippen LogP contribution in [-0.4, -0.2) is 30.6 Å². The lowest BCUT2D eigenvalue weighted by Crippen LogP contribution is -2.46. The highest BCUT2D eigenvalue weighted by Gasteiger charge is 2.42. The molecule has 2 N–H and O–H groups in total. The summed E-state index contributed by atoms with van der Waals surface area (Å²) in [5.74, 6) is 0. The average molecular weight is 182 g/mol. The highest BCUT2D eigenvalue weighted by atomic mass is 15.1. The first-order chi connectivity index (χ1) is 6.27. The van der Waals surface area contributed by atoms with Crippen molar-refractivity contribution >= 4 is 0 Å². The minimum absolute atomic E-state index is 0.506. The van der Waals surface area contributed by atoms with Gasteiger partial charge in [0.2, 0.25) is 0 Å². The molecule has 0 radical (unpaired) electrons. The lowest BCUT2D eigenvalue weighted by Gasteiger charge is -2.41. The van der Waals surface area contributed by atoms with Crippen molar-refractivity contribution in [3.05, 3.63) is 0 Å². The topological polar surface area (TPSA) is 29.3 Å². The largest absolute Gasteiger partial charge is 0.327 e. The van der Waals surface area contributed by atoms with Crippen molar-refractivity contribution in [2.24, 2.45) is 11.1 Å². The Bertz CT molecular complexity index is 171. The van der Waals surface area contributed by atoms with E-state index in [1.807, 2.05) is 0 Å². The number of hydrogen-bond acceptors (Lipinski definition) is 2. The molecule has 1 atom stereocenters. The maximum Gasteiger partial charge on any atom is 0.00965 e. The summed E-state index contributed by atoms with van der Waals surface area (Å²) in [5, 5.41) is 0. The Hall–Kier alpha value is -0.0800. The minimum Gasteiger partial charge on any atom is -0.327 e. The third kappa shape index (κ3) is 1.62. The van der Waals surface area contributed by atoms with Crippen LogP contribution >= 0.6 is 0 Å². The summed E-state index contributed by atoms with van der Waals surface area (Å²) in [6, 6.07) is 0.506. The molecule has 1 saturated carbocycles. The van der Waals surface area contributed by atoms with E-state index in [9.17, 15) is 0 Å². The number of hydrogen-bond donors (Lipinski definition) is 1. The Balaban J connectivity index is 1.95. The summed E-state index contributed by atoms with van der Waals surface area (Å²) in [6.45, 7) is 6.03. The minimum atomic E-state index is 0.506. The number of likely N-dealkylation sites (tertiary alicyclic amines) is 1. The number of piperidine rings is 1. The van der Waals surface area contributed by atoms with Crippen LogP contribution in [0.2, 0.25) is 0 Å². The molecule has 0 bridgehead atoms. The van der Waals surface area contributed by atoms with E-state index in [1.165, 1.54) is 51.7 Å². The van der Waals surface area contributed by atoms with Gasteiger partial charge in [-0.05, 0) is 50.7 Å². The van der Waals surface area contributed by atoms with Gasteiger partial charge < -0.3 is 10.6 Å². The Morgan fingerprint density at radius 1 is 1.31 bits per heavy atom. The van der Waals surface area contributed by atoms with E-state index in [0.717, 1.165) is 0 Å². The fourth-order valence-electron chi connectivity index (χ4n) is 3.10. The van der Waals surface area contributed by atoms with E-state index < -0.39 is 0 Å². The monoisotopic (exact) mass is 182 g/mol. The average Bonchev–Trinajstić information content (AvgIpc) is 2.50. The van der Waals surface area contributed by atoms with Crippen LogP contribution in [0.3, 0.4) is 0 Å². The third-order valence-electron chi connectivity index (χ3n) is 4.28. The maximum atomic E-state index is 6.21. The summed E-state index contributed by atoms with van der Waals surface area (Å²) in [6.07, 6.45) is 6.73. The zero-order valence-corrected chi connectivity index (χ0v) is 8.76. The zero-order chi connectivity index (χ0) is 9.31. The molecule has 2 heteroatoms. The Morgan fingerprint density at radius 2 is 2.00 bits per heavy atom. The molecule has 0 aromatic carbocycles. The maximum absolute atomic E-state index is 6.21. The van der Waals surface area contributed by atoms with Gasteiger partial charge in [0.1, 0.15) is 0 Å². The van der Waals surface area contributed by atoms with Crippen molar-refractivity contribution in [2.45, 2.75) is 45.1 Å². The molecule has 0 aromatic rings. The van der Waals surface area contributed by atoms with E-state index >= 15 is 0 Å². The summed E-state index contributed by atoms with van der Waals surface area (Å²) in [5.41, 5.74) is 6.76. The molecule has 0 amide bonds. The second kappa shape index (κ2) is 3.58. The van der Waals surface area contributed by atoms with Crippen LogP contribution in [0.15, 0.2) is 0 Å². The molecule has 1 unspecified atom stereocenters. The second-order valence-corrected chi connectivity index (χ2v) is 4.80. The van der Waals surface area contributed by atoms with E-state index in [2.05, 4.69) is 11.8 Å². The summed E-state index contributed by atoms with van der Waals surface area (Å²) < 4.78 is 0. The normalized spacial score (nSPS) is 34.2. The van der Waals surface area contributed by atoms with Gasteiger partial charge in [-0.25, -0.2) is 0 Å². The van der Waals surface area contributed by atoms with Crippen LogP contribution in [0.25, 0.3) is 0 Å². The molecule has 2 fully saturated rings. The van der Waals surface area contributed by atoms with E-state index in [1.54, 1.807) is 0 Å². The number of rotatable bonds is 1. The van der Waals surface area contributed by atoms with E-state index in [4.69, 9.17) is 5.73 Å². The Kier molecular flexibility index (Phi) is 2.61. The van der Waals surface area contributed by atoms with Crippen molar-refractivity contribution in [3.8, 4) is 0 Å². The third-order valence-corrected chi connectivity index (χ3v) is 4.28. The van der Waals surface area contributed by atoms with Crippen LogP contribution in [0.5, 0.6) is 0 Å². The lowest BCUT2D eigenvalue weighted by molar-refractivity contribution is 0.0989. The van der Waals surface area contributed by atoms with Crippen LogP contribution in [0.4, 0.5) is 0 Å². The van der Waals surface area contributed by atoms with Gasteiger partial charge in [-0.1, -0.05) is 13.3 Å². The van der Waals surface area contributed by atoms with E-state index in [-0.39, 0.29) is 0 Å². The van der Waals surface area contributed by atoms with Crippen LogP contribution in [0, 0.1) is 5.41 Å². The first-order valence-electron chi connectivity index (χ1n) is 5.75. The molecule has 1 saturated heterocycles. The SMILES string of the molecule is CCN1CCC2(CCCC2N)CC1. The van der Waals surface area contributed by atoms with Gasteiger partial charge in [-0.15, -0.1) is 0 Å². The Morgan fingerprint density at radius 3 is 2.46 bits per heavy atom. The highest BCUT2D eigenvalue weighted by molar-refractivity contribution is 4.97. The van der Waals surface area contributed by atoms with Gasteiger partial charge in [-0.2, -0.15) is 0 Å². The second-order valence-electron chi connectivity index (χ2n) is 4.80. The molecule has 2 nitrogen and oxygen atoms in total. The standard InChI is InChI=1S/C11H22N2/c1-2-13-8-6-11(7-9-13)5-3-4-10(11)12/h10H,2-9,12H2,1H3. The zero-order valence-electron chi connectivity index (χ0n) is 8.76. The van der Waals surface area contributed by atoms with E-state index in [0.29, 0.717) is 11.5 Å². The molecular formula is C11H22N2. The van der Waals surface area contributed by atoms with Crippen molar-refractivity contribution in [1.29, 1.82) is 0 Å². The van der Waals surface area contributed by atoms with Gasteiger partial charge in [-0.3, -0.25) is 0 Å². The van der Waals surface area contributed by atoms with Crippen molar-refractivity contribution in [1.82, 2.24) is 4.90 Å². The van der Waals surface area contributed by atoms with Crippen molar-refractivity contribution in [3.63, 3.8) is 0 Å². The number of nitrogens with two attached hydrogens (primary N) is 1. The molecule has 2 rings (SSSR count). The van der Waals surface area contributed by atoms with Gasteiger partial charge in [0.05, 0.1) is 0 Å². The first kappa shape index (κ1) is 9.47. The van der Waals surface area contributed by atoms with Crippen molar-refractivity contribution in [2.75, 3.05) is 19.6 Å². The summed E-state index contributed by atoms with van der Waals surface area (Å²) >= 11 is 0. The predicted octanol–water partition coefficient (Wildman–Crippen LogP) is 1.60. The molecule has 1 spiro atoms. The molecule has 76 valence electrons. The molecule has 2 aliphatic rings. The van der Waals surface area contributed by atoms with Crippen LogP contribution in [-0.2, 0) is 0 Å². The molecule has 13 heavy (non-hydrogen) atoms. The smallest absolute Gasteiger partial charge is 0.00965 e. The summed E-state index contributed by atoms with van der Waals surface area (Å²) in [7, 11) is 0. The fraction of sp³-hybridized carbons (Fsp3) is 1.00. The molecule has 1 aliphatic carbocycles.